The van der Waals surface area contributed by atoms with Crippen molar-refractivity contribution in [1.82, 2.24) is 0 Å². The highest BCUT2D eigenvalue weighted by atomic mass is 16.6. The van der Waals surface area contributed by atoms with Crippen LogP contribution >= 0.6 is 0 Å². The lowest BCUT2D eigenvalue weighted by molar-refractivity contribution is -0.120. The topological polar surface area (TPSA) is 47.9 Å². The number of rotatable bonds is 8. The van der Waals surface area contributed by atoms with Gasteiger partial charge in [-0.15, -0.1) is 0 Å². The van der Waals surface area contributed by atoms with Gasteiger partial charge in [0, 0.05) is 5.56 Å². The maximum absolute atomic E-state index is 10.6. The van der Waals surface area contributed by atoms with E-state index in [0.29, 0.717) is 19.8 Å². The first-order valence-corrected chi connectivity index (χ1v) is 11.8. The van der Waals surface area contributed by atoms with Crippen LogP contribution in [0.3, 0.4) is 0 Å². The predicted molar refractivity (Wildman–Crippen MR) is 135 cm³/mol. The molecule has 3 aromatic rings. The molecule has 4 rings (SSSR count). The van der Waals surface area contributed by atoms with Crippen LogP contribution in [-0.4, -0.2) is 23.9 Å². The van der Waals surface area contributed by atoms with E-state index in [4.69, 9.17) is 14.2 Å². The summed E-state index contributed by atoms with van der Waals surface area (Å²) in [5, 5.41) is 10.6. The molecule has 0 aliphatic carbocycles. The van der Waals surface area contributed by atoms with E-state index in [1.807, 2.05) is 84.9 Å². The molecule has 3 atom stereocenters. The third-order valence-corrected chi connectivity index (χ3v) is 6.04. The minimum Gasteiger partial charge on any atom is -0.508 e. The van der Waals surface area contributed by atoms with Gasteiger partial charge in [-0.25, -0.2) is 0 Å². The molecule has 1 aliphatic rings. The first-order chi connectivity index (χ1) is 16.4. The highest BCUT2D eigenvalue weighted by Gasteiger charge is 2.31. The van der Waals surface area contributed by atoms with Gasteiger partial charge in [0.2, 0.25) is 0 Å². The Bertz CT molecular complexity index is 1070. The fourth-order valence-corrected chi connectivity index (χ4v) is 4.00. The number of phenolic OH excluding ortho intramolecular Hbond substituents is 1. The van der Waals surface area contributed by atoms with Crippen molar-refractivity contribution in [3.05, 3.63) is 113 Å². The van der Waals surface area contributed by atoms with E-state index >= 15 is 0 Å². The fraction of sp³-hybridized carbons (Fsp3) is 0.333. The van der Waals surface area contributed by atoms with Crippen molar-refractivity contribution < 1.29 is 19.3 Å². The van der Waals surface area contributed by atoms with Crippen molar-refractivity contribution in [2.45, 2.75) is 57.7 Å². The average molecular weight is 459 g/mol. The number of aromatic hydroxyl groups is 1. The summed E-state index contributed by atoms with van der Waals surface area (Å²) in [6.07, 6.45) is 3.09. The molecule has 0 fully saturated rings. The van der Waals surface area contributed by atoms with Crippen LogP contribution < -0.4 is 0 Å². The Morgan fingerprint density at radius 3 is 2.12 bits per heavy atom. The third kappa shape index (κ3) is 6.35. The van der Waals surface area contributed by atoms with Crippen molar-refractivity contribution >= 4 is 0 Å². The van der Waals surface area contributed by atoms with Crippen LogP contribution in [0.5, 0.6) is 5.75 Å². The molecule has 4 nitrogen and oxygen atoms in total. The van der Waals surface area contributed by atoms with Crippen LogP contribution in [0.1, 0.15) is 49.1 Å². The van der Waals surface area contributed by atoms with Gasteiger partial charge in [0.15, 0.2) is 0 Å². The van der Waals surface area contributed by atoms with E-state index in [0.717, 1.165) is 22.3 Å². The Kier molecular flexibility index (Phi) is 7.84. The van der Waals surface area contributed by atoms with Gasteiger partial charge in [-0.1, -0.05) is 99.7 Å². The van der Waals surface area contributed by atoms with Crippen LogP contribution in [-0.2, 0) is 32.8 Å². The Morgan fingerprint density at radius 2 is 1.47 bits per heavy atom. The van der Waals surface area contributed by atoms with Gasteiger partial charge in [0.1, 0.15) is 24.1 Å². The summed E-state index contributed by atoms with van der Waals surface area (Å²) in [6.45, 7) is 7.86. The van der Waals surface area contributed by atoms with Crippen LogP contribution in [0.25, 0.3) is 0 Å². The minimum atomic E-state index is -0.371. The highest BCUT2D eigenvalue weighted by molar-refractivity contribution is 5.42. The van der Waals surface area contributed by atoms with Crippen molar-refractivity contribution in [1.29, 1.82) is 0 Å². The lowest BCUT2D eigenvalue weighted by Crippen LogP contribution is -2.38. The van der Waals surface area contributed by atoms with Crippen molar-refractivity contribution in [3.63, 3.8) is 0 Å². The molecule has 3 aromatic carbocycles. The quantitative estimate of drug-likeness (QED) is 0.392. The van der Waals surface area contributed by atoms with Gasteiger partial charge in [0.05, 0.1) is 19.8 Å². The van der Waals surface area contributed by atoms with Crippen LogP contribution in [0, 0.1) is 0 Å². The molecular weight excluding hydrogens is 424 g/mol. The molecule has 0 amide bonds. The van der Waals surface area contributed by atoms with Crippen molar-refractivity contribution in [2.24, 2.45) is 0 Å². The molecule has 0 saturated heterocycles. The molecule has 34 heavy (non-hydrogen) atoms. The number of hydrogen-bond acceptors (Lipinski definition) is 4. The standard InChI is InChI=1S/C30H34O4/c1-30(2,3)24-14-15-26(31)25(18-24)27-16-17-28(33-20-23-12-8-5-9-13-23)29(34-27)21-32-19-22-10-6-4-7-11-22/h4-18,27-29,31H,19-21H2,1-3H3/t27-,28-,29+/m0/s1. The molecule has 178 valence electrons. The number of ether oxygens (including phenoxy) is 3. The van der Waals surface area contributed by atoms with E-state index in [2.05, 4.69) is 20.8 Å². The SMILES string of the molecule is CC(C)(C)c1ccc(O)c([C@@H]2C=C[C@H](OCc3ccccc3)[C@@H](COCc3ccccc3)O2)c1. The largest absolute Gasteiger partial charge is 0.508 e. The second-order valence-electron chi connectivity index (χ2n) is 9.77. The van der Waals surface area contributed by atoms with E-state index in [-0.39, 0.29) is 29.5 Å². The molecule has 0 bridgehead atoms. The van der Waals surface area contributed by atoms with Crippen molar-refractivity contribution in [2.75, 3.05) is 6.61 Å². The van der Waals surface area contributed by atoms with Gasteiger partial charge >= 0.3 is 0 Å². The van der Waals surface area contributed by atoms with E-state index in [1.165, 1.54) is 0 Å². The summed E-state index contributed by atoms with van der Waals surface area (Å²) in [5.74, 6) is 0.232. The summed E-state index contributed by atoms with van der Waals surface area (Å²) in [7, 11) is 0. The molecule has 0 unspecified atom stereocenters. The minimum absolute atomic E-state index is 0.0274. The van der Waals surface area contributed by atoms with E-state index < -0.39 is 0 Å². The summed E-state index contributed by atoms with van der Waals surface area (Å²) in [6, 6.07) is 26.0. The first kappa shape index (κ1) is 24.2. The normalized spacial score (nSPS) is 20.4. The van der Waals surface area contributed by atoms with Gasteiger partial charge in [-0.2, -0.15) is 0 Å². The van der Waals surface area contributed by atoms with Gasteiger partial charge in [-0.3, -0.25) is 0 Å². The average Bonchev–Trinajstić information content (AvgIpc) is 2.84. The van der Waals surface area contributed by atoms with Gasteiger partial charge in [0.25, 0.3) is 0 Å². The first-order valence-electron chi connectivity index (χ1n) is 11.8. The van der Waals surface area contributed by atoms with E-state index in [1.54, 1.807) is 6.07 Å². The monoisotopic (exact) mass is 458 g/mol. The fourth-order valence-electron chi connectivity index (χ4n) is 4.00. The zero-order valence-corrected chi connectivity index (χ0v) is 20.2. The number of hydrogen-bond donors (Lipinski definition) is 1. The molecule has 0 saturated carbocycles. The smallest absolute Gasteiger partial charge is 0.121 e. The molecule has 0 radical (unpaired) electrons. The third-order valence-electron chi connectivity index (χ3n) is 6.04. The van der Waals surface area contributed by atoms with Crippen molar-refractivity contribution in [3.8, 4) is 5.75 Å². The Labute approximate surface area is 202 Å². The second kappa shape index (κ2) is 11.0. The van der Waals surface area contributed by atoms with Crippen LogP contribution in [0.15, 0.2) is 91.0 Å². The van der Waals surface area contributed by atoms with Gasteiger partial charge < -0.3 is 19.3 Å². The Hall–Kier alpha value is -2.92. The molecule has 0 spiro atoms. The lowest BCUT2D eigenvalue weighted by atomic mass is 9.85. The maximum Gasteiger partial charge on any atom is 0.121 e. The molecule has 1 heterocycles. The highest BCUT2D eigenvalue weighted by Crippen LogP contribution is 2.36. The second-order valence-corrected chi connectivity index (χ2v) is 9.77. The maximum atomic E-state index is 10.6. The summed E-state index contributed by atoms with van der Waals surface area (Å²) in [4.78, 5) is 0. The zero-order valence-electron chi connectivity index (χ0n) is 20.2. The van der Waals surface area contributed by atoms with Crippen LogP contribution in [0.4, 0.5) is 0 Å². The number of benzene rings is 3. The summed E-state index contributed by atoms with van der Waals surface area (Å²) < 4.78 is 18.7. The van der Waals surface area contributed by atoms with Crippen LogP contribution in [0.2, 0.25) is 0 Å². The predicted octanol–water partition coefficient (Wildman–Crippen LogP) is 6.49. The summed E-state index contributed by atoms with van der Waals surface area (Å²) in [5.41, 5.74) is 4.11. The molecule has 1 N–H and O–H groups in total. The molecule has 0 aromatic heterocycles. The Balaban J connectivity index is 1.50. The molecular formula is C30H34O4. The number of phenols is 1. The zero-order chi connectivity index (χ0) is 24.0. The lowest BCUT2D eigenvalue weighted by Gasteiger charge is -2.33. The Morgan fingerprint density at radius 1 is 0.824 bits per heavy atom. The molecule has 4 heteroatoms. The van der Waals surface area contributed by atoms with E-state index in [9.17, 15) is 5.11 Å². The summed E-state index contributed by atoms with van der Waals surface area (Å²) >= 11 is 0. The van der Waals surface area contributed by atoms with Gasteiger partial charge in [-0.05, 0) is 34.2 Å². The molecule has 1 aliphatic heterocycles.